The summed E-state index contributed by atoms with van der Waals surface area (Å²) >= 11 is 5.77. The van der Waals surface area contributed by atoms with Gasteiger partial charge in [-0.25, -0.2) is 0 Å². The molecule has 0 aliphatic carbocycles. The number of nitrogens with one attached hydrogen (secondary N) is 2. The van der Waals surface area contributed by atoms with Crippen LogP contribution in [0.15, 0.2) is 48.5 Å². The normalized spacial score (nSPS) is 11.3. The van der Waals surface area contributed by atoms with E-state index in [4.69, 9.17) is 16.3 Å². The first kappa shape index (κ1) is 19.2. The number of carbonyl (C=O) groups excluding carboxylic acids is 2. The van der Waals surface area contributed by atoms with Crippen molar-refractivity contribution >= 4 is 29.1 Å². The highest BCUT2D eigenvalue weighted by atomic mass is 35.5. The first-order valence-corrected chi connectivity index (χ1v) is 7.98. The number of rotatable bonds is 6. The van der Waals surface area contributed by atoms with E-state index in [1.807, 2.05) is 0 Å². The van der Waals surface area contributed by atoms with Gasteiger partial charge in [0, 0.05) is 11.1 Å². The van der Waals surface area contributed by atoms with Crippen molar-refractivity contribution < 1.29 is 19.2 Å². The second-order valence-electron chi connectivity index (χ2n) is 5.33. The number of ether oxygens (including phenoxy) is 1. The molecule has 136 valence electrons. The molecule has 0 radical (unpaired) electrons. The van der Waals surface area contributed by atoms with Gasteiger partial charge in [0.25, 0.3) is 5.91 Å². The number of hydrazine groups is 1. The Bertz CT molecular complexity index is 810. The molecule has 1 atom stereocenters. The summed E-state index contributed by atoms with van der Waals surface area (Å²) in [5.74, 6) is -1.11. The molecule has 0 fully saturated rings. The van der Waals surface area contributed by atoms with E-state index >= 15 is 0 Å². The molecule has 0 bridgehead atoms. The number of amides is 2. The number of nitro groups is 1. The largest absolute Gasteiger partial charge is 0.474 e. The zero-order valence-corrected chi connectivity index (χ0v) is 14.5. The maximum atomic E-state index is 12.0. The minimum absolute atomic E-state index is 0.0346. The Balaban J connectivity index is 1.86. The van der Waals surface area contributed by atoms with E-state index in [9.17, 15) is 19.7 Å². The third-order valence-electron chi connectivity index (χ3n) is 3.34. The fraction of sp³-hybridized carbons (Fsp3) is 0.176. The molecule has 8 nitrogen and oxygen atoms in total. The van der Waals surface area contributed by atoms with E-state index in [2.05, 4.69) is 10.9 Å². The lowest BCUT2D eigenvalue weighted by Crippen LogP contribution is -2.47. The number of hydrogen-bond acceptors (Lipinski definition) is 5. The molecule has 0 heterocycles. The molecule has 0 saturated heterocycles. The monoisotopic (exact) mass is 377 g/mol. The second-order valence-corrected chi connectivity index (χ2v) is 5.76. The second kappa shape index (κ2) is 8.82. The zero-order valence-electron chi connectivity index (χ0n) is 13.8. The van der Waals surface area contributed by atoms with Crippen LogP contribution >= 0.6 is 11.6 Å². The van der Waals surface area contributed by atoms with Gasteiger partial charge in [0.1, 0.15) is 0 Å². The number of para-hydroxylation sites is 2. The Hall–Kier alpha value is -3.13. The summed E-state index contributed by atoms with van der Waals surface area (Å²) in [6, 6.07) is 12.4. The van der Waals surface area contributed by atoms with Gasteiger partial charge in [-0.1, -0.05) is 35.9 Å². The number of halogens is 1. The Morgan fingerprint density at radius 3 is 2.46 bits per heavy atom. The summed E-state index contributed by atoms with van der Waals surface area (Å²) in [6.45, 7) is 1.41. The van der Waals surface area contributed by atoms with Crippen molar-refractivity contribution in [1.82, 2.24) is 10.9 Å². The van der Waals surface area contributed by atoms with Crippen molar-refractivity contribution in [2.45, 2.75) is 19.4 Å². The molecular weight excluding hydrogens is 362 g/mol. The molecule has 2 aromatic rings. The molecule has 2 aromatic carbocycles. The average Bonchev–Trinajstić information content (AvgIpc) is 2.61. The summed E-state index contributed by atoms with van der Waals surface area (Å²) in [5.41, 5.74) is 4.96. The van der Waals surface area contributed by atoms with Crippen molar-refractivity contribution in [3.05, 3.63) is 69.2 Å². The van der Waals surface area contributed by atoms with Crippen molar-refractivity contribution in [2.75, 3.05) is 0 Å². The standard InChI is InChI=1S/C17H16ClN3O5/c1-11(26-15-5-3-2-4-14(15)21(24)25)17(23)20-19-16(22)10-12-6-8-13(18)9-7-12/h2-9,11H,10H2,1H3,(H,19,22)(H,20,23)/t11-/m0/s1. The molecule has 2 amide bonds. The SMILES string of the molecule is C[C@H](Oc1ccccc1[N+](=O)[O-])C(=O)NNC(=O)Cc1ccc(Cl)cc1. The molecule has 0 unspecified atom stereocenters. The molecule has 0 saturated carbocycles. The predicted octanol–water partition coefficient (Wildman–Crippen LogP) is 2.41. The fourth-order valence-electron chi connectivity index (χ4n) is 2.02. The van der Waals surface area contributed by atoms with E-state index in [0.29, 0.717) is 5.02 Å². The first-order chi connectivity index (χ1) is 12.4. The molecular formula is C17H16ClN3O5. The van der Waals surface area contributed by atoms with Crippen molar-refractivity contribution in [1.29, 1.82) is 0 Å². The van der Waals surface area contributed by atoms with Crippen molar-refractivity contribution in [2.24, 2.45) is 0 Å². The summed E-state index contributed by atoms with van der Waals surface area (Å²) < 4.78 is 5.31. The summed E-state index contributed by atoms with van der Waals surface area (Å²) in [5, 5.41) is 11.5. The van der Waals surface area contributed by atoms with Crippen LogP contribution in [-0.4, -0.2) is 22.8 Å². The van der Waals surface area contributed by atoms with Gasteiger partial charge in [-0.3, -0.25) is 30.6 Å². The van der Waals surface area contributed by atoms with Crippen LogP contribution in [0.1, 0.15) is 12.5 Å². The summed E-state index contributed by atoms with van der Waals surface area (Å²) in [6.07, 6.45) is -0.997. The van der Waals surface area contributed by atoms with Crippen LogP contribution in [0.2, 0.25) is 5.02 Å². The van der Waals surface area contributed by atoms with Gasteiger partial charge in [0.05, 0.1) is 11.3 Å². The highest BCUT2D eigenvalue weighted by Crippen LogP contribution is 2.26. The van der Waals surface area contributed by atoms with Gasteiger partial charge in [-0.15, -0.1) is 0 Å². The van der Waals surface area contributed by atoms with E-state index < -0.39 is 22.8 Å². The molecule has 0 aliphatic rings. The average molecular weight is 378 g/mol. The van der Waals surface area contributed by atoms with Gasteiger partial charge in [0.2, 0.25) is 5.91 Å². The number of hydrogen-bond donors (Lipinski definition) is 2. The minimum atomic E-state index is -1.05. The number of nitrogens with zero attached hydrogens (tertiary/aromatic N) is 1. The molecule has 26 heavy (non-hydrogen) atoms. The van der Waals surface area contributed by atoms with Gasteiger partial charge in [-0.05, 0) is 30.7 Å². The summed E-state index contributed by atoms with van der Waals surface area (Å²) in [4.78, 5) is 34.2. The van der Waals surface area contributed by atoms with Crippen molar-refractivity contribution in [3.63, 3.8) is 0 Å². The van der Waals surface area contributed by atoms with Gasteiger partial charge in [0.15, 0.2) is 11.9 Å². The van der Waals surface area contributed by atoms with Crippen LogP contribution in [0.4, 0.5) is 5.69 Å². The van der Waals surface area contributed by atoms with Crippen LogP contribution in [0, 0.1) is 10.1 Å². The minimum Gasteiger partial charge on any atom is -0.474 e. The third-order valence-corrected chi connectivity index (χ3v) is 3.59. The van der Waals surface area contributed by atoms with E-state index in [1.165, 1.54) is 25.1 Å². The van der Waals surface area contributed by atoms with Gasteiger partial charge in [-0.2, -0.15) is 0 Å². The maximum Gasteiger partial charge on any atom is 0.310 e. The molecule has 2 rings (SSSR count). The molecule has 0 spiro atoms. The zero-order chi connectivity index (χ0) is 19.1. The van der Waals surface area contributed by atoms with Gasteiger partial charge < -0.3 is 4.74 Å². The topological polar surface area (TPSA) is 111 Å². The Morgan fingerprint density at radius 1 is 1.15 bits per heavy atom. The smallest absolute Gasteiger partial charge is 0.310 e. The van der Waals surface area contributed by atoms with Gasteiger partial charge >= 0.3 is 5.69 Å². The van der Waals surface area contributed by atoms with E-state index in [0.717, 1.165) is 5.56 Å². The quantitative estimate of drug-likeness (QED) is 0.593. The van der Waals surface area contributed by atoms with E-state index in [1.54, 1.807) is 30.3 Å². The molecule has 9 heteroatoms. The van der Waals surface area contributed by atoms with Crippen LogP contribution in [0.25, 0.3) is 0 Å². The maximum absolute atomic E-state index is 12.0. The lowest BCUT2D eigenvalue weighted by atomic mass is 10.1. The number of carbonyl (C=O) groups is 2. The number of nitro benzene ring substituents is 1. The Morgan fingerprint density at radius 2 is 1.81 bits per heavy atom. The van der Waals surface area contributed by atoms with Crippen LogP contribution in [0.5, 0.6) is 5.75 Å². The summed E-state index contributed by atoms with van der Waals surface area (Å²) in [7, 11) is 0. The van der Waals surface area contributed by atoms with Crippen LogP contribution in [-0.2, 0) is 16.0 Å². The van der Waals surface area contributed by atoms with Crippen molar-refractivity contribution in [3.8, 4) is 5.75 Å². The Labute approximate surface area is 154 Å². The van der Waals surface area contributed by atoms with Crippen LogP contribution < -0.4 is 15.6 Å². The lowest BCUT2D eigenvalue weighted by Gasteiger charge is -2.15. The Kier molecular flexibility index (Phi) is 6.51. The first-order valence-electron chi connectivity index (χ1n) is 7.60. The van der Waals surface area contributed by atoms with E-state index in [-0.39, 0.29) is 17.9 Å². The predicted molar refractivity (Wildman–Crippen MR) is 94.6 cm³/mol. The molecule has 0 aliphatic heterocycles. The number of benzene rings is 2. The lowest BCUT2D eigenvalue weighted by molar-refractivity contribution is -0.386. The highest BCUT2D eigenvalue weighted by molar-refractivity contribution is 6.30. The fourth-order valence-corrected chi connectivity index (χ4v) is 2.14. The highest BCUT2D eigenvalue weighted by Gasteiger charge is 2.20. The van der Waals surface area contributed by atoms with Crippen LogP contribution in [0.3, 0.4) is 0 Å². The third kappa shape index (κ3) is 5.45. The molecule has 0 aromatic heterocycles. The molecule has 2 N–H and O–H groups in total.